The predicted molar refractivity (Wildman–Crippen MR) is 40.2 cm³/mol. The molecule has 0 radical (unpaired) electrons. The first-order valence-electron chi connectivity index (χ1n) is 3.08. The normalized spacial score (nSPS) is 11.2. The topological polar surface area (TPSA) is 43.1 Å². The molecule has 0 aliphatic rings. The molecule has 0 aromatic rings. The van der Waals surface area contributed by atoms with Crippen LogP contribution < -0.4 is 0 Å². The molecule has 3 heteroatoms. The molecule has 0 bridgehead atoms. The number of nitrogens with zero attached hydrogens (tertiary/aromatic N) is 1. The van der Waals surface area contributed by atoms with E-state index in [2.05, 4.69) is 6.58 Å². The van der Waals surface area contributed by atoms with E-state index in [1.807, 2.05) is 6.92 Å². The molecule has 0 amide bonds. The molecule has 56 valence electrons. The number of hydrogen-bond acceptors (Lipinski definition) is 2. The third kappa shape index (κ3) is 3.02. The Labute approximate surface area is 60.2 Å². The van der Waals surface area contributed by atoms with Crippen molar-refractivity contribution in [1.29, 1.82) is 0 Å². The molecular formula is C7H11NO2. The third-order valence-electron chi connectivity index (χ3n) is 1.16. The van der Waals surface area contributed by atoms with Gasteiger partial charge in [-0.25, -0.2) is 0 Å². The first-order chi connectivity index (χ1) is 4.57. The maximum absolute atomic E-state index is 10.0. The van der Waals surface area contributed by atoms with E-state index in [4.69, 9.17) is 0 Å². The number of hydrogen-bond donors (Lipinski definition) is 0. The summed E-state index contributed by atoms with van der Waals surface area (Å²) in [4.78, 5) is 9.63. The molecule has 10 heavy (non-hydrogen) atoms. The molecule has 0 aliphatic carbocycles. The van der Waals surface area contributed by atoms with Gasteiger partial charge in [-0.15, -0.1) is 0 Å². The molecule has 0 aromatic carbocycles. The average Bonchev–Trinajstić information content (AvgIpc) is 1.87. The number of rotatable bonds is 3. The Hall–Kier alpha value is -1.12. The van der Waals surface area contributed by atoms with Crippen LogP contribution >= 0.6 is 0 Å². The van der Waals surface area contributed by atoms with E-state index in [1.165, 1.54) is 13.0 Å². The van der Waals surface area contributed by atoms with Crippen molar-refractivity contribution in [2.45, 2.75) is 20.3 Å². The highest BCUT2D eigenvalue weighted by Gasteiger charge is 2.00. The second-order valence-electron chi connectivity index (χ2n) is 2.05. The van der Waals surface area contributed by atoms with Gasteiger partial charge in [-0.2, -0.15) is 0 Å². The predicted octanol–water partition coefficient (Wildman–Crippen LogP) is 2.13. The quantitative estimate of drug-likeness (QED) is 0.343. The lowest BCUT2D eigenvalue weighted by Crippen LogP contribution is -1.93. The Morgan fingerprint density at radius 3 is 2.60 bits per heavy atom. The maximum atomic E-state index is 10.0. The molecule has 0 saturated carbocycles. The fourth-order valence-electron chi connectivity index (χ4n) is 0.450. The summed E-state index contributed by atoms with van der Waals surface area (Å²) in [6.07, 6.45) is 2.24. The highest BCUT2D eigenvalue weighted by atomic mass is 16.6. The Balaban J connectivity index is 4.16. The van der Waals surface area contributed by atoms with Crippen molar-refractivity contribution in [2.75, 3.05) is 0 Å². The van der Waals surface area contributed by atoms with E-state index in [0.29, 0.717) is 0 Å². The smallest absolute Gasteiger partial charge is 0.243 e. The lowest BCUT2D eigenvalue weighted by Gasteiger charge is -1.91. The van der Waals surface area contributed by atoms with Crippen LogP contribution in [0.3, 0.4) is 0 Å². The zero-order valence-electron chi connectivity index (χ0n) is 6.26. The van der Waals surface area contributed by atoms with E-state index in [9.17, 15) is 10.1 Å². The van der Waals surface area contributed by atoms with Crippen LogP contribution in [0.25, 0.3) is 0 Å². The lowest BCUT2D eigenvalue weighted by molar-refractivity contribution is -0.424. The molecular weight excluding hydrogens is 130 g/mol. The second kappa shape index (κ2) is 3.82. The van der Waals surface area contributed by atoms with Gasteiger partial charge in [-0.05, 0) is 12.0 Å². The molecule has 0 aromatic heterocycles. The summed E-state index contributed by atoms with van der Waals surface area (Å²) in [5.74, 6) is 0. The minimum Gasteiger partial charge on any atom is -0.259 e. The summed E-state index contributed by atoms with van der Waals surface area (Å²) in [7, 11) is 0. The molecule has 0 N–H and O–H groups in total. The lowest BCUT2D eigenvalue weighted by atomic mass is 10.2. The Bertz CT molecular complexity index is 182. The fraction of sp³-hybridized carbons (Fsp3) is 0.429. The van der Waals surface area contributed by atoms with Crippen molar-refractivity contribution in [3.8, 4) is 0 Å². The van der Waals surface area contributed by atoms with Crippen molar-refractivity contribution in [2.24, 2.45) is 0 Å². The van der Waals surface area contributed by atoms with Crippen molar-refractivity contribution in [3.05, 3.63) is 34.0 Å². The minimum absolute atomic E-state index is 0.145. The highest BCUT2D eigenvalue weighted by Crippen LogP contribution is 2.03. The summed E-state index contributed by atoms with van der Waals surface area (Å²) in [6, 6.07) is 0. The molecule has 0 atom stereocenters. The zero-order chi connectivity index (χ0) is 8.15. The van der Waals surface area contributed by atoms with Crippen LogP contribution in [0, 0.1) is 10.1 Å². The molecule has 3 nitrogen and oxygen atoms in total. The van der Waals surface area contributed by atoms with E-state index >= 15 is 0 Å². The Morgan fingerprint density at radius 1 is 1.80 bits per heavy atom. The van der Waals surface area contributed by atoms with Gasteiger partial charge in [0.15, 0.2) is 0 Å². The van der Waals surface area contributed by atoms with Crippen molar-refractivity contribution in [3.63, 3.8) is 0 Å². The van der Waals surface area contributed by atoms with Gasteiger partial charge in [0.25, 0.3) is 0 Å². The van der Waals surface area contributed by atoms with E-state index < -0.39 is 4.92 Å². The first-order valence-corrected chi connectivity index (χ1v) is 3.08. The zero-order valence-corrected chi connectivity index (χ0v) is 6.26. The van der Waals surface area contributed by atoms with Gasteiger partial charge in [-0.1, -0.05) is 13.5 Å². The standard InChI is InChI=1S/C7H11NO2/c1-4-6(2)5-7(3)8(9)10/h5H,2,4H2,1,3H3/b7-5+. The van der Waals surface area contributed by atoms with Crippen LogP contribution in [0.15, 0.2) is 23.9 Å². The monoisotopic (exact) mass is 141 g/mol. The molecule has 0 heterocycles. The van der Waals surface area contributed by atoms with Gasteiger partial charge >= 0.3 is 0 Å². The van der Waals surface area contributed by atoms with Gasteiger partial charge in [0, 0.05) is 13.0 Å². The van der Waals surface area contributed by atoms with Crippen LogP contribution in [-0.4, -0.2) is 4.92 Å². The van der Waals surface area contributed by atoms with E-state index in [-0.39, 0.29) is 5.70 Å². The summed E-state index contributed by atoms with van der Waals surface area (Å²) in [5, 5.41) is 10.0. The van der Waals surface area contributed by atoms with Crippen molar-refractivity contribution >= 4 is 0 Å². The highest BCUT2D eigenvalue weighted by molar-refractivity contribution is 5.15. The first kappa shape index (κ1) is 8.88. The Kier molecular flexibility index (Phi) is 3.39. The van der Waals surface area contributed by atoms with Crippen LogP contribution in [0.2, 0.25) is 0 Å². The van der Waals surface area contributed by atoms with Gasteiger partial charge in [0.1, 0.15) is 0 Å². The number of nitro groups is 1. The molecule has 0 fully saturated rings. The minimum atomic E-state index is -0.416. The molecule has 0 saturated heterocycles. The van der Waals surface area contributed by atoms with Gasteiger partial charge in [-0.3, -0.25) is 10.1 Å². The second-order valence-corrected chi connectivity index (χ2v) is 2.05. The van der Waals surface area contributed by atoms with Gasteiger partial charge < -0.3 is 0 Å². The summed E-state index contributed by atoms with van der Waals surface area (Å²) in [6.45, 7) is 6.98. The average molecular weight is 141 g/mol. The van der Waals surface area contributed by atoms with Crippen LogP contribution in [0.5, 0.6) is 0 Å². The summed E-state index contributed by atoms with van der Waals surface area (Å²) < 4.78 is 0. The van der Waals surface area contributed by atoms with Crippen LogP contribution in [0.4, 0.5) is 0 Å². The summed E-state index contributed by atoms with van der Waals surface area (Å²) >= 11 is 0. The van der Waals surface area contributed by atoms with E-state index in [1.54, 1.807) is 0 Å². The van der Waals surface area contributed by atoms with E-state index in [0.717, 1.165) is 12.0 Å². The number of allylic oxidation sites excluding steroid dienone is 3. The van der Waals surface area contributed by atoms with Crippen molar-refractivity contribution in [1.82, 2.24) is 0 Å². The molecule has 0 rings (SSSR count). The maximum Gasteiger partial charge on any atom is 0.243 e. The van der Waals surface area contributed by atoms with Crippen LogP contribution in [-0.2, 0) is 0 Å². The SMILES string of the molecule is C=C(/C=C(\C)[N+](=O)[O-])CC. The largest absolute Gasteiger partial charge is 0.259 e. The molecule has 0 aliphatic heterocycles. The third-order valence-corrected chi connectivity index (χ3v) is 1.16. The van der Waals surface area contributed by atoms with Crippen molar-refractivity contribution < 1.29 is 4.92 Å². The van der Waals surface area contributed by atoms with Gasteiger partial charge in [0.2, 0.25) is 5.70 Å². The van der Waals surface area contributed by atoms with Gasteiger partial charge in [0.05, 0.1) is 4.92 Å². The molecule has 0 spiro atoms. The van der Waals surface area contributed by atoms with Crippen LogP contribution in [0.1, 0.15) is 20.3 Å². The summed E-state index contributed by atoms with van der Waals surface area (Å²) in [5.41, 5.74) is 0.932. The molecule has 0 unspecified atom stereocenters. The fourth-order valence-corrected chi connectivity index (χ4v) is 0.450. The Morgan fingerprint density at radius 2 is 2.30 bits per heavy atom.